The number of nitrogens with zero attached hydrogens (tertiary/aromatic N) is 2. The van der Waals surface area contributed by atoms with Crippen LogP contribution in [0.25, 0.3) is 10.6 Å². The molecule has 1 aromatic heterocycles. The first-order chi connectivity index (χ1) is 8.56. The molecule has 2 aromatic rings. The fourth-order valence-corrected chi connectivity index (χ4v) is 2.54. The summed E-state index contributed by atoms with van der Waals surface area (Å²) in [6.45, 7) is 4.79. The van der Waals surface area contributed by atoms with Gasteiger partial charge in [0.25, 0.3) is 0 Å². The quantitative estimate of drug-likeness (QED) is 0.931. The molecule has 96 valence electrons. The molecule has 2 rings (SSSR count). The van der Waals surface area contributed by atoms with Crippen molar-refractivity contribution in [3.8, 4) is 10.6 Å². The van der Waals surface area contributed by atoms with Crippen molar-refractivity contribution in [3.63, 3.8) is 0 Å². The molecule has 0 atom stereocenters. The van der Waals surface area contributed by atoms with Crippen molar-refractivity contribution in [1.29, 1.82) is 0 Å². The average molecular weight is 330 g/mol. The molecule has 0 aliphatic heterocycles. The van der Waals surface area contributed by atoms with Crippen LogP contribution in [-0.4, -0.2) is 16.2 Å². The molecule has 0 aliphatic rings. The zero-order chi connectivity index (χ0) is 13.1. The maximum atomic E-state index is 13.8. The SMILES string of the molecule is CC(C)NCc1nnc(-c2ccc(Br)cc2F)s1. The summed E-state index contributed by atoms with van der Waals surface area (Å²) in [5.74, 6) is -0.288. The van der Waals surface area contributed by atoms with Crippen molar-refractivity contribution >= 4 is 27.3 Å². The van der Waals surface area contributed by atoms with E-state index in [2.05, 4.69) is 45.3 Å². The van der Waals surface area contributed by atoms with E-state index in [-0.39, 0.29) is 5.82 Å². The van der Waals surface area contributed by atoms with E-state index >= 15 is 0 Å². The fraction of sp³-hybridized carbons (Fsp3) is 0.333. The first kappa shape index (κ1) is 13.6. The number of benzene rings is 1. The number of aromatic nitrogens is 2. The summed E-state index contributed by atoms with van der Waals surface area (Å²) in [5.41, 5.74) is 0.492. The Morgan fingerprint density at radius 3 is 2.83 bits per heavy atom. The third-order valence-corrected chi connectivity index (χ3v) is 3.74. The van der Waals surface area contributed by atoms with E-state index in [9.17, 15) is 4.39 Å². The maximum Gasteiger partial charge on any atom is 0.150 e. The molecular weight excluding hydrogens is 317 g/mol. The van der Waals surface area contributed by atoms with E-state index in [1.807, 2.05) is 0 Å². The molecule has 1 aromatic carbocycles. The van der Waals surface area contributed by atoms with Crippen molar-refractivity contribution in [2.45, 2.75) is 26.4 Å². The van der Waals surface area contributed by atoms with Gasteiger partial charge in [-0.15, -0.1) is 10.2 Å². The third kappa shape index (κ3) is 3.34. The third-order valence-electron chi connectivity index (χ3n) is 2.29. The topological polar surface area (TPSA) is 37.8 Å². The summed E-state index contributed by atoms with van der Waals surface area (Å²) in [6.07, 6.45) is 0. The van der Waals surface area contributed by atoms with Crippen LogP contribution in [0.4, 0.5) is 4.39 Å². The number of halogens is 2. The van der Waals surface area contributed by atoms with Gasteiger partial charge in [-0.05, 0) is 18.2 Å². The van der Waals surface area contributed by atoms with Crippen LogP contribution in [0.15, 0.2) is 22.7 Å². The maximum absolute atomic E-state index is 13.8. The van der Waals surface area contributed by atoms with Crippen molar-refractivity contribution in [1.82, 2.24) is 15.5 Å². The molecule has 0 aliphatic carbocycles. The summed E-state index contributed by atoms with van der Waals surface area (Å²) < 4.78 is 14.5. The average Bonchev–Trinajstić information content (AvgIpc) is 2.75. The van der Waals surface area contributed by atoms with Crippen molar-refractivity contribution in [2.24, 2.45) is 0 Å². The lowest BCUT2D eigenvalue weighted by molar-refractivity contribution is 0.585. The van der Waals surface area contributed by atoms with E-state index in [1.165, 1.54) is 17.4 Å². The smallest absolute Gasteiger partial charge is 0.150 e. The standard InChI is InChI=1S/C12H13BrFN3S/c1-7(2)15-6-11-16-17-12(18-11)9-4-3-8(13)5-10(9)14/h3-5,7,15H,6H2,1-2H3. The predicted molar refractivity (Wildman–Crippen MR) is 75.0 cm³/mol. The Labute approximate surface area is 118 Å². The summed E-state index contributed by atoms with van der Waals surface area (Å²) in [7, 11) is 0. The molecule has 0 saturated heterocycles. The first-order valence-electron chi connectivity index (χ1n) is 5.57. The molecule has 0 saturated carbocycles. The Kier molecular flexibility index (Phi) is 4.42. The lowest BCUT2D eigenvalue weighted by Crippen LogP contribution is -2.21. The Hall–Kier alpha value is -0.850. The van der Waals surface area contributed by atoms with Gasteiger partial charge >= 0.3 is 0 Å². The van der Waals surface area contributed by atoms with Crippen LogP contribution in [0.2, 0.25) is 0 Å². The van der Waals surface area contributed by atoms with Gasteiger partial charge in [-0.25, -0.2) is 4.39 Å². The Morgan fingerprint density at radius 1 is 1.39 bits per heavy atom. The van der Waals surface area contributed by atoms with Crippen LogP contribution in [0.1, 0.15) is 18.9 Å². The number of hydrogen-bond acceptors (Lipinski definition) is 4. The van der Waals surface area contributed by atoms with E-state index in [1.54, 1.807) is 12.1 Å². The lowest BCUT2D eigenvalue weighted by Gasteiger charge is -2.03. The highest BCUT2D eigenvalue weighted by atomic mass is 79.9. The highest BCUT2D eigenvalue weighted by Gasteiger charge is 2.11. The van der Waals surface area contributed by atoms with Gasteiger partial charge in [-0.2, -0.15) is 0 Å². The van der Waals surface area contributed by atoms with E-state index < -0.39 is 0 Å². The second-order valence-electron chi connectivity index (χ2n) is 4.16. The minimum atomic E-state index is -0.288. The van der Waals surface area contributed by atoms with E-state index in [4.69, 9.17) is 0 Å². The normalized spacial score (nSPS) is 11.2. The summed E-state index contributed by atoms with van der Waals surface area (Å²) in [4.78, 5) is 0. The van der Waals surface area contributed by atoms with Crippen LogP contribution >= 0.6 is 27.3 Å². The van der Waals surface area contributed by atoms with Crippen molar-refractivity contribution < 1.29 is 4.39 Å². The second kappa shape index (κ2) is 5.86. The minimum absolute atomic E-state index is 0.288. The molecule has 6 heteroatoms. The molecule has 18 heavy (non-hydrogen) atoms. The van der Waals surface area contributed by atoms with Gasteiger partial charge in [0.2, 0.25) is 0 Å². The molecule has 0 radical (unpaired) electrons. The molecule has 3 nitrogen and oxygen atoms in total. The highest BCUT2D eigenvalue weighted by Crippen LogP contribution is 2.28. The van der Waals surface area contributed by atoms with Crippen molar-refractivity contribution in [2.75, 3.05) is 0 Å². The fourth-order valence-electron chi connectivity index (χ4n) is 1.39. The van der Waals surface area contributed by atoms with Crippen LogP contribution in [-0.2, 0) is 6.54 Å². The van der Waals surface area contributed by atoms with Gasteiger partial charge in [-0.1, -0.05) is 41.1 Å². The van der Waals surface area contributed by atoms with Gasteiger partial charge in [0.1, 0.15) is 10.8 Å². The number of rotatable bonds is 4. The predicted octanol–water partition coefficient (Wildman–Crippen LogP) is 3.60. The monoisotopic (exact) mass is 329 g/mol. The zero-order valence-electron chi connectivity index (χ0n) is 10.1. The largest absolute Gasteiger partial charge is 0.308 e. The van der Waals surface area contributed by atoms with Crippen LogP contribution in [0.3, 0.4) is 0 Å². The molecular formula is C12H13BrFN3S. The Morgan fingerprint density at radius 2 is 2.17 bits per heavy atom. The lowest BCUT2D eigenvalue weighted by atomic mass is 10.2. The molecule has 0 bridgehead atoms. The second-order valence-corrected chi connectivity index (χ2v) is 6.14. The number of hydrogen-bond donors (Lipinski definition) is 1. The molecule has 0 spiro atoms. The minimum Gasteiger partial charge on any atom is -0.308 e. The van der Waals surface area contributed by atoms with Gasteiger partial charge in [0.15, 0.2) is 5.01 Å². The molecule has 1 N–H and O–H groups in total. The Balaban J connectivity index is 2.18. The summed E-state index contributed by atoms with van der Waals surface area (Å²) in [5, 5.41) is 12.8. The Bertz CT molecular complexity index is 542. The van der Waals surface area contributed by atoms with E-state index in [0.717, 1.165) is 9.48 Å². The van der Waals surface area contributed by atoms with E-state index in [0.29, 0.717) is 23.2 Å². The molecule has 0 unspecified atom stereocenters. The molecule has 0 amide bonds. The van der Waals surface area contributed by atoms with Gasteiger partial charge in [0.05, 0.1) is 0 Å². The zero-order valence-corrected chi connectivity index (χ0v) is 12.5. The highest BCUT2D eigenvalue weighted by molar-refractivity contribution is 9.10. The summed E-state index contributed by atoms with van der Waals surface area (Å²) >= 11 is 4.64. The van der Waals surface area contributed by atoms with Gasteiger partial charge < -0.3 is 5.32 Å². The van der Waals surface area contributed by atoms with Crippen LogP contribution in [0, 0.1) is 5.82 Å². The molecule has 1 heterocycles. The van der Waals surface area contributed by atoms with Crippen LogP contribution < -0.4 is 5.32 Å². The van der Waals surface area contributed by atoms with Gasteiger partial charge in [0, 0.05) is 22.6 Å². The first-order valence-corrected chi connectivity index (χ1v) is 7.18. The molecule has 0 fully saturated rings. The number of nitrogens with one attached hydrogen (secondary N) is 1. The van der Waals surface area contributed by atoms with Crippen LogP contribution in [0.5, 0.6) is 0 Å². The van der Waals surface area contributed by atoms with Crippen molar-refractivity contribution in [3.05, 3.63) is 33.5 Å². The summed E-state index contributed by atoms with van der Waals surface area (Å²) in [6, 6.07) is 5.33. The van der Waals surface area contributed by atoms with Gasteiger partial charge in [-0.3, -0.25) is 0 Å².